The zero-order valence-corrected chi connectivity index (χ0v) is 31.4. The molecular formula is C37H59N7O6. The van der Waals surface area contributed by atoms with Gasteiger partial charge in [0.15, 0.2) is 0 Å². The summed E-state index contributed by atoms with van der Waals surface area (Å²) in [6.07, 6.45) is -0.915. The fourth-order valence-corrected chi connectivity index (χ4v) is 4.93. The minimum absolute atomic E-state index is 0.155. The van der Waals surface area contributed by atoms with E-state index in [2.05, 4.69) is 35.2 Å². The van der Waals surface area contributed by atoms with E-state index in [9.17, 15) is 24.3 Å². The molecule has 4 atom stereocenters. The molecule has 0 saturated carbocycles. The second-order valence-corrected chi connectivity index (χ2v) is 14.1. The first kappa shape index (κ1) is 41.8. The number of carbonyl (C=O) groups is 4. The zero-order valence-electron chi connectivity index (χ0n) is 31.4. The summed E-state index contributed by atoms with van der Waals surface area (Å²) in [5.41, 5.74) is 4.54. The fraction of sp³-hybridized carbons (Fsp3) is 0.568. The van der Waals surface area contributed by atoms with Crippen molar-refractivity contribution in [1.82, 2.24) is 36.2 Å². The van der Waals surface area contributed by atoms with Gasteiger partial charge in [0.2, 0.25) is 5.91 Å². The molecular weight excluding hydrogens is 638 g/mol. The third-order valence-electron chi connectivity index (χ3n) is 7.95. The lowest BCUT2D eigenvalue weighted by Gasteiger charge is -2.32. The molecule has 0 bridgehead atoms. The summed E-state index contributed by atoms with van der Waals surface area (Å²) < 4.78 is 5.83. The van der Waals surface area contributed by atoms with Crippen LogP contribution in [0.3, 0.4) is 0 Å². The van der Waals surface area contributed by atoms with E-state index in [1.54, 1.807) is 33.2 Å². The molecule has 0 aliphatic heterocycles. The van der Waals surface area contributed by atoms with Gasteiger partial charge in [0, 0.05) is 41.3 Å². The number of nitrogens with zero attached hydrogens (tertiary/aromatic N) is 3. The Kier molecular flexibility index (Phi) is 17.0. The number of ether oxygens (including phenoxy) is 1. The molecule has 0 spiro atoms. The first-order valence-electron chi connectivity index (χ1n) is 17.3. The Hall–Kier alpha value is -4.36. The van der Waals surface area contributed by atoms with E-state index >= 15 is 0 Å². The number of aliphatic hydroxyl groups is 1. The van der Waals surface area contributed by atoms with Crippen LogP contribution in [-0.4, -0.2) is 103 Å². The number of aliphatic hydroxyl groups excluding tert-OH is 1. The van der Waals surface area contributed by atoms with Gasteiger partial charge in [-0.15, -0.1) is 0 Å². The highest BCUT2D eigenvalue weighted by atomic mass is 16.5. The fourth-order valence-electron chi connectivity index (χ4n) is 4.93. The molecule has 2 aromatic carbocycles. The molecule has 0 fully saturated rings. The number of amides is 6. The van der Waals surface area contributed by atoms with E-state index in [1.165, 1.54) is 9.80 Å². The van der Waals surface area contributed by atoms with Crippen LogP contribution >= 0.6 is 0 Å². The van der Waals surface area contributed by atoms with Gasteiger partial charge in [-0.25, -0.2) is 14.6 Å². The summed E-state index contributed by atoms with van der Waals surface area (Å²) in [6, 6.07) is 13.5. The number of urea groups is 2. The highest BCUT2D eigenvalue weighted by Gasteiger charge is 2.31. The molecule has 278 valence electrons. The molecule has 0 heterocycles. The Bertz CT molecular complexity index is 1350. The molecule has 4 unspecified atom stereocenters. The van der Waals surface area contributed by atoms with Crippen molar-refractivity contribution in [3.8, 4) is 5.75 Å². The van der Waals surface area contributed by atoms with E-state index in [1.807, 2.05) is 82.3 Å². The molecule has 0 aromatic heterocycles. The first-order valence-corrected chi connectivity index (χ1v) is 17.3. The predicted molar refractivity (Wildman–Crippen MR) is 195 cm³/mol. The molecule has 0 saturated heterocycles. The van der Waals surface area contributed by atoms with Crippen molar-refractivity contribution in [2.75, 3.05) is 41.3 Å². The van der Waals surface area contributed by atoms with Crippen molar-refractivity contribution in [2.45, 2.75) is 78.7 Å². The Labute approximate surface area is 298 Å². The molecule has 0 aliphatic rings. The minimum atomic E-state index is -1.07. The molecule has 6 amide bonds. The van der Waals surface area contributed by atoms with Crippen molar-refractivity contribution in [3.05, 3.63) is 65.7 Å². The van der Waals surface area contributed by atoms with Gasteiger partial charge in [-0.05, 0) is 47.4 Å². The van der Waals surface area contributed by atoms with E-state index < -0.39 is 42.1 Å². The number of rotatable bonds is 18. The average molecular weight is 698 g/mol. The topological polar surface area (TPSA) is 156 Å². The first-order chi connectivity index (χ1) is 23.5. The monoisotopic (exact) mass is 697 g/mol. The quantitative estimate of drug-likeness (QED) is 0.149. The minimum Gasteiger partial charge on any atom is -0.493 e. The highest BCUT2D eigenvalue weighted by molar-refractivity contribution is 5.88. The SMILES string of the molecule is CC(C)COc1ccc(CN(CCC(O)C(NC(=O)C(NC(=O)N(C)C)C(C)C)c2ccccc2)NC(=O)C(NC(=O)N(C)C)C(C)C)cc1. The summed E-state index contributed by atoms with van der Waals surface area (Å²) in [5.74, 6) is -0.130. The standard InChI is InChI=1S/C37H59N7O6/c1-24(2)23-50-29-18-16-27(17-19-29)22-44(41-35(47)32(26(5)6)40-37(49)43(9)10)21-20-30(45)33(28-14-12-11-13-15-28)38-34(46)31(25(3)4)39-36(48)42(7)8/h11-19,24-26,30-33,45H,20-23H2,1-10H3,(H,38,46)(H,39,48)(H,40,49)(H,41,47). The van der Waals surface area contributed by atoms with Crippen LogP contribution in [0.15, 0.2) is 54.6 Å². The van der Waals surface area contributed by atoms with Crippen molar-refractivity contribution in [3.63, 3.8) is 0 Å². The summed E-state index contributed by atoms with van der Waals surface area (Å²) in [4.78, 5) is 54.8. The van der Waals surface area contributed by atoms with E-state index in [0.717, 1.165) is 11.3 Å². The van der Waals surface area contributed by atoms with Crippen LogP contribution in [0.4, 0.5) is 9.59 Å². The third kappa shape index (κ3) is 13.9. The Balaban J connectivity index is 2.34. The van der Waals surface area contributed by atoms with Gasteiger partial charge in [-0.3, -0.25) is 15.0 Å². The number of hydrogen-bond acceptors (Lipinski definition) is 7. The van der Waals surface area contributed by atoms with Crippen LogP contribution < -0.4 is 26.1 Å². The largest absolute Gasteiger partial charge is 0.493 e. The van der Waals surface area contributed by atoms with Crippen LogP contribution in [0.1, 0.15) is 65.1 Å². The molecule has 13 nitrogen and oxygen atoms in total. The van der Waals surface area contributed by atoms with Gasteiger partial charge in [-0.2, -0.15) is 0 Å². The van der Waals surface area contributed by atoms with Crippen molar-refractivity contribution < 1.29 is 29.0 Å². The summed E-state index contributed by atoms with van der Waals surface area (Å²) in [7, 11) is 6.41. The van der Waals surface area contributed by atoms with E-state index in [-0.39, 0.29) is 30.8 Å². The number of hydrogen-bond donors (Lipinski definition) is 5. The lowest BCUT2D eigenvalue weighted by Crippen LogP contribution is -2.56. The maximum Gasteiger partial charge on any atom is 0.317 e. The van der Waals surface area contributed by atoms with Crippen molar-refractivity contribution in [1.29, 1.82) is 0 Å². The van der Waals surface area contributed by atoms with Gasteiger partial charge in [-0.1, -0.05) is 84.0 Å². The van der Waals surface area contributed by atoms with Gasteiger partial charge >= 0.3 is 12.1 Å². The zero-order chi connectivity index (χ0) is 37.5. The van der Waals surface area contributed by atoms with E-state index in [4.69, 9.17) is 4.74 Å². The molecule has 2 aromatic rings. The Morgan fingerprint density at radius 3 is 1.72 bits per heavy atom. The lowest BCUT2D eigenvalue weighted by atomic mass is 9.97. The average Bonchev–Trinajstić information content (AvgIpc) is 3.06. The smallest absolute Gasteiger partial charge is 0.317 e. The highest BCUT2D eigenvalue weighted by Crippen LogP contribution is 2.21. The summed E-state index contributed by atoms with van der Waals surface area (Å²) in [5, 5.41) is 21.9. The lowest BCUT2D eigenvalue weighted by molar-refractivity contribution is -0.129. The molecule has 0 radical (unpaired) electrons. The summed E-state index contributed by atoms with van der Waals surface area (Å²) in [6.45, 7) is 12.6. The number of carbonyl (C=O) groups excluding carboxylic acids is 4. The van der Waals surface area contributed by atoms with Crippen LogP contribution in [0.2, 0.25) is 0 Å². The van der Waals surface area contributed by atoms with Gasteiger partial charge in [0.1, 0.15) is 17.8 Å². The number of nitrogens with one attached hydrogen (secondary N) is 4. The molecule has 13 heteroatoms. The second kappa shape index (κ2) is 20.3. The van der Waals surface area contributed by atoms with Gasteiger partial charge in [0.25, 0.3) is 5.91 Å². The molecule has 2 rings (SSSR count). The molecule has 5 N–H and O–H groups in total. The number of benzene rings is 2. The maximum atomic E-state index is 13.6. The molecule has 0 aliphatic carbocycles. The van der Waals surface area contributed by atoms with Crippen LogP contribution in [0.5, 0.6) is 5.75 Å². The third-order valence-corrected chi connectivity index (χ3v) is 7.95. The van der Waals surface area contributed by atoms with Gasteiger partial charge < -0.3 is 35.6 Å². The Morgan fingerprint density at radius 2 is 1.24 bits per heavy atom. The Morgan fingerprint density at radius 1 is 0.720 bits per heavy atom. The maximum absolute atomic E-state index is 13.6. The van der Waals surface area contributed by atoms with E-state index in [0.29, 0.717) is 24.6 Å². The van der Waals surface area contributed by atoms with Gasteiger partial charge in [0.05, 0.1) is 18.8 Å². The van der Waals surface area contributed by atoms with Crippen LogP contribution in [0.25, 0.3) is 0 Å². The summed E-state index contributed by atoms with van der Waals surface area (Å²) >= 11 is 0. The van der Waals surface area contributed by atoms with Crippen molar-refractivity contribution in [2.24, 2.45) is 17.8 Å². The predicted octanol–water partition coefficient (Wildman–Crippen LogP) is 3.75. The number of hydrazine groups is 1. The normalized spacial score (nSPS) is 13.7. The van der Waals surface area contributed by atoms with Crippen LogP contribution in [-0.2, 0) is 16.1 Å². The second-order valence-electron chi connectivity index (χ2n) is 14.1. The van der Waals surface area contributed by atoms with Crippen LogP contribution in [0, 0.1) is 17.8 Å². The molecule has 50 heavy (non-hydrogen) atoms. The van der Waals surface area contributed by atoms with Crippen molar-refractivity contribution >= 4 is 23.9 Å².